The van der Waals surface area contributed by atoms with Gasteiger partial charge in [-0.2, -0.15) is 0 Å². The molecule has 0 heterocycles. The number of ether oxygens (including phenoxy) is 1. The van der Waals surface area contributed by atoms with E-state index in [1.54, 1.807) is 7.11 Å². The highest BCUT2D eigenvalue weighted by molar-refractivity contribution is 5.87. The lowest BCUT2D eigenvalue weighted by molar-refractivity contribution is -0.141. The minimum atomic E-state index is -0.229. The maximum atomic E-state index is 10.7. The van der Waals surface area contributed by atoms with Crippen molar-refractivity contribution in [3.8, 4) is 0 Å². The summed E-state index contributed by atoms with van der Waals surface area (Å²) in [7, 11) is 1.55. The Morgan fingerprint density at radius 2 is 2.36 bits per heavy atom. The lowest BCUT2D eigenvalue weighted by Crippen LogP contribution is -2.25. The van der Waals surface area contributed by atoms with Gasteiger partial charge in [-0.3, -0.25) is 4.79 Å². The van der Waals surface area contributed by atoms with E-state index >= 15 is 0 Å². The molecule has 1 aliphatic rings. The molecule has 0 radical (unpaired) electrons. The van der Waals surface area contributed by atoms with Crippen molar-refractivity contribution in [2.24, 2.45) is 11.1 Å². The van der Waals surface area contributed by atoms with Gasteiger partial charge in [-0.25, -0.2) is 0 Å². The number of esters is 1. The summed E-state index contributed by atoms with van der Waals surface area (Å²) >= 11 is 0. The van der Waals surface area contributed by atoms with Crippen LogP contribution < -0.4 is 0 Å². The third-order valence-electron chi connectivity index (χ3n) is 2.40. The molecule has 4 nitrogen and oxygen atoms in total. The van der Waals surface area contributed by atoms with Crippen LogP contribution in [0.1, 0.15) is 32.6 Å². The first-order valence-corrected chi connectivity index (χ1v) is 4.97. The first-order chi connectivity index (χ1) is 6.74. The fourth-order valence-electron chi connectivity index (χ4n) is 1.70. The number of oxime groups is 1. The van der Waals surface area contributed by atoms with Gasteiger partial charge in [-0.05, 0) is 19.3 Å². The monoisotopic (exact) mass is 199 g/mol. The molecule has 0 aliphatic heterocycles. The summed E-state index contributed by atoms with van der Waals surface area (Å²) in [4.78, 5) is 15.4. The first kappa shape index (κ1) is 11.0. The van der Waals surface area contributed by atoms with E-state index in [4.69, 9.17) is 9.57 Å². The molecule has 0 aromatic carbocycles. The van der Waals surface area contributed by atoms with Gasteiger partial charge in [0.1, 0.15) is 7.11 Å². The van der Waals surface area contributed by atoms with Crippen LogP contribution in [0.3, 0.4) is 0 Å². The second kappa shape index (κ2) is 5.62. The molecular formula is C10H17NO3. The minimum absolute atomic E-state index is 0.229. The van der Waals surface area contributed by atoms with Gasteiger partial charge in [-0.15, -0.1) is 0 Å². The van der Waals surface area contributed by atoms with Gasteiger partial charge in [0.25, 0.3) is 0 Å². The van der Waals surface area contributed by atoms with Crippen molar-refractivity contribution >= 4 is 11.7 Å². The van der Waals surface area contributed by atoms with E-state index in [0.29, 0.717) is 6.61 Å². The third-order valence-corrected chi connectivity index (χ3v) is 2.40. The van der Waals surface area contributed by atoms with Crippen LogP contribution in [0.15, 0.2) is 5.16 Å². The molecule has 0 saturated heterocycles. The lowest BCUT2D eigenvalue weighted by Gasteiger charge is -2.22. The van der Waals surface area contributed by atoms with E-state index in [2.05, 4.69) is 5.16 Å². The van der Waals surface area contributed by atoms with Crippen LogP contribution in [0.25, 0.3) is 0 Å². The quantitative estimate of drug-likeness (QED) is 0.514. The van der Waals surface area contributed by atoms with Crippen LogP contribution >= 0.6 is 0 Å². The molecule has 1 saturated carbocycles. The molecule has 0 aromatic heterocycles. The van der Waals surface area contributed by atoms with Crippen molar-refractivity contribution in [3.05, 3.63) is 0 Å². The first-order valence-electron chi connectivity index (χ1n) is 4.97. The van der Waals surface area contributed by atoms with Crippen LogP contribution in [0.5, 0.6) is 0 Å². The molecule has 0 spiro atoms. The second-order valence-electron chi connectivity index (χ2n) is 3.51. The van der Waals surface area contributed by atoms with E-state index in [0.717, 1.165) is 25.0 Å². The standard InChI is InChI=1S/C10H17NO3/c1-8(12)14-7-9-5-3-4-6-10(9)11-13-2/h9H,3-7H2,1-2H3/b11-10+. The molecule has 4 heteroatoms. The molecule has 1 fully saturated rings. The molecule has 0 aromatic rings. The Kier molecular flexibility index (Phi) is 4.43. The fraction of sp³-hybridized carbons (Fsp3) is 0.800. The van der Waals surface area contributed by atoms with E-state index < -0.39 is 0 Å². The summed E-state index contributed by atoms with van der Waals surface area (Å²) in [5, 5.41) is 3.97. The Hall–Kier alpha value is -1.06. The maximum Gasteiger partial charge on any atom is 0.302 e. The lowest BCUT2D eigenvalue weighted by atomic mass is 9.88. The van der Waals surface area contributed by atoms with Crippen molar-refractivity contribution in [2.45, 2.75) is 32.6 Å². The van der Waals surface area contributed by atoms with Crippen molar-refractivity contribution < 1.29 is 14.4 Å². The summed E-state index contributed by atoms with van der Waals surface area (Å²) in [6.07, 6.45) is 4.32. The number of hydrogen-bond donors (Lipinski definition) is 0. The van der Waals surface area contributed by atoms with E-state index in [9.17, 15) is 4.79 Å². The molecular weight excluding hydrogens is 182 g/mol. The van der Waals surface area contributed by atoms with Crippen LogP contribution in [0.4, 0.5) is 0 Å². The van der Waals surface area contributed by atoms with Crippen molar-refractivity contribution in [2.75, 3.05) is 13.7 Å². The molecule has 1 atom stereocenters. The molecule has 14 heavy (non-hydrogen) atoms. The predicted octanol–water partition coefficient (Wildman–Crippen LogP) is 1.74. The Balaban J connectivity index is 2.46. The van der Waals surface area contributed by atoms with E-state index in [1.807, 2.05) is 0 Å². The number of nitrogens with zero attached hydrogens (tertiary/aromatic N) is 1. The van der Waals surface area contributed by atoms with Crippen molar-refractivity contribution in [1.29, 1.82) is 0 Å². The smallest absolute Gasteiger partial charge is 0.302 e. The molecule has 80 valence electrons. The topological polar surface area (TPSA) is 47.9 Å². The van der Waals surface area contributed by atoms with Gasteiger partial charge in [0.05, 0.1) is 12.3 Å². The zero-order valence-electron chi connectivity index (χ0n) is 8.78. The van der Waals surface area contributed by atoms with Gasteiger partial charge in [-0.1, -0.05) is 11.6 Å². The predicted molar refractivity (Wildman–Crippen MR) is 53.0 cm³/mol. The van der Waals surface area contributed by atoms with Gasteiger partial charge < -0.3 is 9.57 Å². The van der Waals surface area contributed by atoms with Crippen LogP contribution in [0, 0.1) is 5.92 Å². The summed E-state index contributed by atoms with van der Waals surface area (Å²) in [5.74, 6) is 0.0277. The van der Waals surface area contributed by atoms with E-state index in [-0.39, 0.29) is 11.9 Å². The Morgan fingerprint density at radius 1 is 1.57 bits per heavy atom. The van der Waals surface area contributed by atoms with Gasteiger partial charge in [0.15, 0.2) is 0 Å². The van der Waals surface area contributed by atoms with Crippen LogP contribution in [-0.4, -0.2) is 25.4 Å². The zero-order valence-corrected chi connectivity index (χ0v) is 8.78. The highest BCUT2D eigenvalue weighted by Crippen LogP contribution is 2.22. The zero-order chi connectivity index (χ0) is 10.4. The summed E-state index contributed by atoms with van der Waals surface area (Å²) in [6.45, 7) is 1.87. The summed E-state index contributed by atoms with van der Waals surface area (Å²) < 4.78 is 4.98. The third kappa shape index (κ3) is 3.36. The molecule has 1 rings (SSSR count). The van der Waals surface area contributed by atoms with Crippen molar-refractivity contribution in [3.63, 3.8) is 0 Å². The van der Waals surface area contributed by atoms with Crippen LogP contribution in [0.2, 0.25) is 0 Å². The molecule has 1 aliphatic carbocycles. The summed E-state index contributed by atoms with van der Waals surface area (Å²) in [6, 6.07) is 0. The van der Waals surface area contributed by atoms with Crippen LogP contribution in [-0.2, 0) is 14.4 Å². The SMILES string of the molecule is CO/N=C1\CCCCC1COC(C)=O. The molecule has 1 unspecified atom stereocenters. The molecule has 0 bridgehead atoms. The second-order valence-corrected chi connectivity index (χ2v) is 3.51. The van der Waals surface area contributed by atoms with Gasteiger partial charge in [0.2, 0.25) is 0 Å². The highest BCUT2D eigenvalue weighted by atomic mass is 16.6. The molecule has 0 N–H and O–H groups in total. The molecule has 0 amide bonds. The number of carbonyl (C=O) groups is 1. The average molecular weight is 199 g/mol. The number of carbonyl (C=O) groups excluding carboxylic acids is 1. The van der Waals surface area contributed by atoms with Gasteiger partial charge in [0, 0.05) is 12.8 Å². The maximum absolute atomic E-state index is 10.7. The van der Waals surface area contributed by atoms with E-state index in [1.165, 1.54) is 13.3 Å². The Labute approximate surface area is 84.3 Å². The summed E-state index contributed by atoms with van der Waals surface area (Å²) in [5.41, 5.74) is 1.03. The average Bonchev–Trinajstić information content (AvgIpc) is 2.17. The number of hydrogen-bond acceptors (Lipinski definition) is 4. The fourth-order valence-corrected chi connectivity index (χ4v) is 1.70. The number of rotatable bonds is 3. The highest BCUT2D eigenvalue weighted by Gasteiger charge is 2.22. The van der Waals surface area contributed by atoms with Gasteiger partial charge >= 0.3 is 5.97 Å². The van der Waals surface area contributed by atoms with Crippen molar-refractivity contribution in [1.82, 2.24) is 0 Å². The minimum Gasteiger partial charge on any atom is -0.465 e. The normalized spacial score (nSPS) is 24.7. The Bertz CT molecular complexity index is 225. The largest absolute Gasteiger partial charge is 0.465 e. The Morgan fingerprint density at radius 3 is 3.00 bits per heavy atom.